The Balaban J connectivity index is 3.42. The number of hydrogen-bond donors (Lipinski definition) is 1. The molecule has 1 aliphatic heterocycles. The number of nitrogens with one attached hydrogen (secondary N) is 1. The van der Waals surface area contributed by atoms with Gasteiger partial charge in [0.05, 0.1) is 22.0 Å². The van der Waals surface area contributed by atoms with Gasteiger partial charge in [-0.15, -0.1) is 0 Å². The lowest BCUT2D eigenvalue weighted by molar-refractivity contribution is -0.271. The lowest BCUT2D eigenvalue weighted by Gasteiger charge is -2.58. The van der Waals surface area contributed by atoms with E-state index in [4.69, 9.17) is 0 Å². The Labute approximate surface area is 181 Å². The highest BCUT2D eigenvalue weighted by atomic mass is 127. The highest BCUT2D eigenvalue weighted by molar-refractivity contribution is 14.1. The Morgan fingerprint density at radius 3 is 1.75 bits per heavy atom. The van der Waals surface area contributed by atoms with Crippen LogP contribution in [0.2, 0.25) is 0 Å². The third-order valence-electron chi connectivity index (χ3n) is 7.46. The van der Waals surface area contributed by atoms with E-state index in [1.807, 2.05) is 13.8 Å². The molecule has 0 radical (unpaired) electrons. The summed E-state index contributed by atoms with van der Waals surface area (Å²) in [5.41, 5.74) is -8.56. The van der Waals surface area contributed by atoms with Crippen LogP contribution in [0.1, 0.15) is 74.7 Å². The van der Waals surface area contributed by atoms with Gasteiger partial charge in [-0.1, -0.05) is 27.7 Å². The Hall–Kier alpha value is 0.360. The van der Waals surface area contributed by atoms with E-state index in [0.717, 1.165) is 20.8 Å². The molecule has 3 nitrogen and oxygen atoms in total. The predicted molar refractivity (Wildman–Crippen MR) is 114 cm³/mol. The fourth-order valence-corrected chi connectivity index (χ4v) is 8.51. The van der Waals surface area contributed by atoms with Crippen LogP contribution < -0.4 is 3.53 Å². The second kappa shape index (κ2) is 7.50. The molecule has 0 aromatic rings. The SMILES string of the molecule is CC(C)(CC(C)(C)C(C)(NI)C(C)(F)C(C)(C)C(F)(F)F)C1CCCS1(=O)=O. The molecular weight excluding hydrogens is 509 g/mol. The van der Waals surface area contributed by atoms with Crippen LogP contribution in [0.5, 0.6) is 0 Å². The summed E-state index contributed by atoms with van der Waals surface area (Å²) in [4.78, 5) is 0. The van der Waals surface area contributed by atoms with Gasteiger partial charge in [0, 0.05) is 22.9 Å². The van der Waals surface area contributed by atoms with E-state index in [1.54, 1.807) is 36.7 Å². The van der Waals surface area contributed by atoms with Crippen LogP contribution in [0.3, 0.4) is 0 Å². The molecule has 3 unspecified atom stereocenters. The van der Waals surface area contributed by atoms with E-state index < -0.39 is 48.7 Å². The first-order valence-electron chi connectivity index (χ1n) is 9.46. The average Bonchev–Trinajstić information content (AvgIpc) is 2.83. The molecule has 28 heavy (non-hydrogen) atoms. The summed E-state index contributed by atoms with van der Waals surface area (Å²) in [5, 5.41) is -0.570. The van der Waals surface area contributed by atoms with Crippen LogP contribution in [-0.2, 0) is 9.84 Å². The fourth-order valence-electron chi connectivity index (χ4n) is 4.84. The molecule has 0 spiro atoms. The van der Waals surface area contributed by atoms with Gasteiger partial charge in [0.15, 0.2) is 9.84 Å². The topological polar surface area (TPSA) is 46.2 Å². The molecule has 0 aromatic carbocycles. The molecule has 168 valence electrons. The van der Waals surface area contributed by atoms with Gasteiger partial charge >= 0.3 is 6.18 Å². The van der Waals surface area contributed by atoms with E-state index in [0.29, 0.717) is 12.8 Å². The van der Waals surface area contributed by atoms with Crippen molar-refractivity contribution in [2.24, 2.45) is 16.2 Å². The summed E-state index contributed by atoms with van der Waals surface area (Å²) in [6.07, 6.45) is -3.38. The zero-order chi connectivity index (χ0) is 22.6. The van der Waals surface area contributed by atoms with Crippen molar-refractivity contribution in [2.75, 3.05) is 5.75 Å². The van der Waals surface area contributed by atoms with Crippen molar-refractivity contribution in [1.82, 2.24) is 3.53 Å². The molecule has 1 saturated heterocycles. The van der Waals surface area contributed by atoms with Crippen molar-refractivity contribution in [3.63, 3.8) is 0 Å². The molecule has 1 N–H and O–H groups in total. The van der Waals surface area contributed by atoms with E-state index in [9.17, 15) is 21.6 Å². The number of alkyl halides is 4. The molecule has 1 fully saturated rings. The van der Waals surface area contributed by atoms with E-state index in [-0.39, 0.29) is 12.2 Å². The number of halogens is 5. The summed E-state index contributed by atoms with van der Waals surface area (Å²) < 4.78 is 85.0. The van der Waals surface area contributed by atoms with Crippen LogP contribution in [0.4, 0.5) is 17.6 Å². The third kappa shape index (κ3) is 4.09. The molecule has 0 aromatic heterocycles. The largest absolute Gasteiger partial charge is 0.397 e. The summed E-state index contributed by atoms with van der Waals surface area (Å²) in [6.45, 7) is 11.3. The van der Waals surface area contributed by atoms with Gasteiger partial charge in [0.25, 0.3) is 0 Å². The number of sulfone groups is 1. The Morgan fingerprint density at radius 1 is 0.964 bits per heavy atom. The van der Waals surface area contributed by atoms with Gasteiger partial charge in [-0.2, -0.15) is 13.2 Å². The van der Waals surface area contributed by atoms with Crippen molar-refractivity contribution in [2.45, 2.75) is 97.3 Å². The molecular formula is C19H34F4INO2S. The third-order valence-corrected chi connectivity index (χ3v) is 11.1. The van der Waals surface area contributed by atoms with Crippen LogP contribution in [-0.4, -0.2) is 36.8 Å². The second-order valence-corrected chi connectivity index (χ2v) is 13.2. The van der Waals surface area contributed by atoms with Gasteiger partial charge in [-0.05, 0) is 57.8 Å². The lowest BCUT2D eigenvalue weighted by atomic mass is 9.54. The zero-order valence-electron chi connectivity index (χ0n) is 18.0. The Kier molecular flexibility index (Phi) is 7.07. The minimum absolute atomic E-state index is 0.130. The van der Waals surface area contributed by atoms with Crippen molar-refractivity contribution in [1.29, 1.82) is 0 Å². The molecule has 1 rings (SSSR count). The maximum Gasteiger partial charge on any atom is 0.397 e. The molecule has 0 aliphatic carbocycles. The van der Waals surface area contributed by atoms with Gasteiger partial charge in [0.2, 0.25) is 0 Å². The van der Waals surface area contributed by atoms with Gasteiger partial charge in [0.1, 0.15) is 5.67 Å². The van der Waals surface area contributed by atoms with E-state index in [2.05, 4.69) is 3.53 Å². The highest BCUT2D eigenvalue weighted by Crippen LogP contribution is 2.59. The Bertz CT molecular complexity index is 687. The zero-order valence-corrected chi connectivity index (χ0v) is 21.0. The molecule has 3 atom stereocenters. The summed E-state index contributed by atoms with van der Waals surface area (Å²) in [5.74, 6) is 0.130. The smallest absolute Gasteiger partial charge is 0.251 e. The van der Waals surface area contributed by atoms with Gasteiger partial charge in [-0.3, -0.25) is 3.53 Å². The van der Waals surface area contributed by atoms with Crippen LogP contribution in [0.15, 0.2) is 0 Å². The number of rotatable bonds is 7. The minimum atomic E-state index is -4.74. The summed E-state index contributed by atoms with van der Waals surface area (Å²) >= 11 is 1.72. The van der Waals surface area contributed by atoms with E-state index in [1.165, 1.54) is 6.92 Å². The first-order valence-corrected chi connectivity index (χ1v) is 12.3. The molecule has 0 saturated carbocycles. The monoisotopic (exact) mass is 543 g/mol. The Morgan fingerprint density at radius 2 is 1.43 bits per heavy atom. The molecule has 0 bridgehead atoms. The standard InChI is InChI=1S/C19H34F4INO2S/c1-14(2,13-10-9-11-28(13,26)27)12-15(3,4)18(8,25-24)17(7,20)16(5,6)19(21,22)23/h13,25H,9-12H2,1-8H3. The maximum absolute atomic E-state index is 16.1. The van der Waals surface area contributed by atoms with Crippen molar-refractivity contribution in [3.05, 3.63) is 0 Å². The van der Waals surface area contributed by atoms with Crippen molar-refractivity contribution in [3.8, 4) is 0 Å². The molecule has 9 heteroatoms. The predicted octanol–water partition coefficient (Wildman–Crippen LogP) is 6.02. The normalized spacial score (nSPS) is 26.0. The lowest BCUT2D eigenvalue weighted by Crippen LogP contribution is -2.70. The van der Waals surface area contributed by atoms with Gasteiger partial charge in [-0.25, -0.2) is 12.8 Å². The molecule has 0 amide bonds. The quantitative estimate of drug-likeness (QED) is 0.243. The van der Waals surface area contributed by atoms with Crippen LogP contribution in [0.25, 0.3) is 0 Å². The average molecular weight is 543 g/mol. The summed E-state index contributed by atoms with van der Waals surface area (Å²) in [6, 6.07) is 0. The van der Waals surface area contributed by atoms with E-state index >= 15 is 4.39 Å². The van der Waals surface area contributed by atoms with Crippen LogP contribution >= 0.6 is 22.9 Å². The second-order valence-electron chi connectivity index (χ2n) is 10.4. The molecule has 1 heterocycles. The fraction of sp³-hybridized carbons (Fsp3) is 1.00. The molecule has 1 aliphatic rings. The first kappa shape index (κ1) is 26.4. The number of hydrogen-bond acceptors (Lipinski definition) is 3. The minimum Gasteiger partial charge on any atom is -0.251 e. The van der Waals surface area contributed by atoms with Crippen molar-refractivity contribution < 1.29 is 26.0 Å². The first-order chi connectivity index (χ1) is 12.1. The summed E-state index contributed by atoms with van der Waals surface area (Å²) in [7, 11) is -3.25. The van der Waals surface area contributed by atoms with Crippen molar-refractivity contribution >= 4 is 32.7 Å². The van der Waals surface area contributed by atoms with Crippen LogP contribution in [0, 0.1) is 16.2 Å². The highest BCUT2D eigenvalue weighted by Gasteiger charge is 2.69. The van der Waals surface area contributed by atoms with Gasteiger partial charge < -0.3 is 0 Å². The maximum atomic E-state index is 16.1.